The Balaban J connectivity index is 4.18. The number of aliphatic carboxylic acids is 1. The van der Waals surface area contributed by atoms with Crippen molar-refractivity contribution in [1.82, 2.24) is 5.32 Å². The van der Waals surface area contributed by atoms with Gasteiger partial charge in [-0.15, -0.1) is 0 Å². The second-order valence-corrected chi connectivity index (χ2v) is 2.32. The molecule has 0 rings (SSSR count). The van der Waals surface area contributed by atoms with Gasteiger partial charge in [-0.25, -0.2) is 0 Å². The van der Waals surface area contributed by atoms with Gasteiger partial charge < -0.3 is 21.9 Å². The summed E-state index contributed by atoms with van der Waals surface area (Å²) in [5.41, 5.74) is 9.77. The van der Waals surface area contributed by atoms with Gasteiger partial charge in [0.05, 0.1) is 13.0 Å². The van der Waals surface area contributed by atoms with E-state index in [0.717, 1.165) is 0 Å². The van der Waals surface area contributed by atoms with Gasteiger partial charge in [0.15, 0.2) is 0 Å². The van der Waals surface area contributed by atoms with Gasteiger partial charge >= 0.3 is 5.97 Å². The first-order chi connectivity index (χ1) is 5.97. The minimum Gasteiger partial charge on any atom is -0.481 e. The van der Waals surface area contributed by atoms with Crippen molar-refractivity contribution in [2.45, 2.75) is 12.5 Å². The highest BCUT2D eigenvalue weighted by atomic mass is 16.4. The van der Waals surface area contributed by atoms with E-state index in [1.54, 1.807) is 0 Å². The number of hydrogen-bond acceptors (Lipinski definition) is 4. The average Bonchev–Trinajstić information content (AvgIpc) is 2.02. The van der Waals surface area contributed by atoms with Gasteiger partial charge in [0.2, 0.25) is 11.8 Å². The van der Waals surface area contributed by atoms with E-state index < -0.39 is 30.2 Å². The van der Waals surface area contributed by atoms with E-state index in [1.807, 2.05) is 0 Å². The van der Waals surface area contributed by atoms with Crippen LogP contribution in [-0.4, -0.2) is 35.5 Å². The van der Waals surface area contributed by atoms with Crippen molar-refractivity contribution in [3.63, 3.8) is 0 Å². The Morgan fingerprint density at radius 2 is 1.92 bits per heavy atom. The summed E-state index contributed by atoms with van der Waals surface area (Å²) in [4.78, 5) is 31.5. The Hall–Kier alpha value is -1.63. The first-order valence-corrected chi connectivity index (χ1v) is 3.48. The van der Waals surface area contributed by atoms with Crippen molar-refractivity contribution in [2.24, 2.45) is 11.5 Å². The molecule has 0 heterocycles. The molecule has 6 N–H and O–H groups in total. The molecule has 0 unspecified atom stereocenters. The number of hydrogen-bond donors (Lipinski definition) is 4. The molecule has 0 aromatic heterocycles. The number of carbonyl (C=O) groups excluding carboxylic acids is 2. The lowest BCUT2D eigenvalue weighted by Crippen LogP contribution is -2.47. The van der Waals surface area contributed by atoms with Crippen LogP contribution in [0.1, 0.15) is 6.42 Å². The third-order valence-electron chi connectivity index (χ3n) is 1.24. The smallest absolute Gasteiger partial charge is 0.305 e. The molecule has 0 aliphatic rings. The van der Waals surface area contributed by atoms with Crippen LogP contribution < -0.4 is 16.8 Å². The molecule has 0 spiro atoms. The van der Waals surface area contributed by atoms with Crippen LogP contribution in [0, 0.1) is 0 Å². The van der Waals surface area contributed by atoms with Crippen molar-refractivity contribution in [3.8, 4) is 0 Å². The summed E-state index contributed by atoms with van der Waals surface area (Å²) in [6.45, 7) is -0.316. The summed E-state index contributed by atoms with van der Waals surface area (Å²) in [6, 6.07) is -1.20. The van der Waals surface area contributed by atoms with Crippen LogP contribution in [0.2, 0.25) is 0 Å². The summed E-state index contributed by atoms with van der Waals surface area (Å²) in [5, 5.41) is 10.4. The van der Waals surface area contributed by atoms with E-state index in [9.17, 15) is 14.4 Å². The summed E-state index contributed by atoms with van der Waals surface area (Å²) < 4.78 is 0. The predicted molar refractivity (Wildman–Crippen MR) is 42.4 cm³/mol. The molecule has 0 radical (unpaired) electrons. The molecule has 0 aliphatic heterocycles. The molecule has 0 aromatic carbocycles. The molecule has 74 valence electrons. The fraction of sp³-hybridized carbons (Fsp3) is 0.500. The topological polar surface area (TPSA) is 136 Å². The Morgan fingerprint density at radius 1 is 1.38 bits per heavy atom. The number of nitrogens with one attached hydrogen (secondary N) is 1. The second-order valence-electron chi connectivity index (χ2n) is 2.32. The van der Waals surface area contributed by atoms with Gasteiger partial charge in [-0.3, -0.25) is 14.4 Å². The molecule has 0 saturated heterocycles. The lowest BCUT2D eigenvalue weighted by Gasteiger charge is -2.11. The minimum atomic E-state index is -1.22. The van der Waals surface area contributed by atoms with Gasteiger partial charge in [-0.1, -0.05) is 0 Å². The van der Waals surface area contributed by atoms with Crippen LogP contribution in [0.25, 0.3) is 0 Å². The largest absolute Gasteiger partial charge is 0.481 e. The number of primary amides is 1. The Morgan fingerprint density at radius 3 is 2.23 bits per heavy atom. The molecule has 0 saturated carbocycles. The van der Waals surface area contributed by atoms with Crippen LogP contribution in [0.15, 0.2) is 0 Å². The van der Waals surface area contributed by atoms with Crippen LogP contribution in [0.3, 0.4) is 0 Å². The Labute approximate surface area is 74.1 Å². The van der Waals surface area contributed by atoms with Gasteiger partial charge in [0.25, 0.3) is 0 Å². The summed E-state index contributed by atoms with van der Waals surface area (Å²) in [6.07, 6.45) is -0.541. The minimum absolute atomic E-state index is 0.316. The Kier molecular flexibility index (Phi) is 4.45. The normalized spacial score (nSPS) is 11.8. The summed E-state index contributed by atoms with van der Waals surface area (Å²) in [7, 11) is 0. The van der Waals surface area contributed by atoms with Crippen LogP contribution in [0.5, 0.6) is 0 Å². The fourth-order valence-corrected chi connectivity index (χ4v) is 0.651. The molecule has 7 heteroatoms. The first kappa shape index (κ1) is 11.4. The molecular weight excluding hydrogens is 178 g/mol. The third kappa shape index (κ3) is 4.75. The van der Waals surface area contributed by atoms with E-state index in [0.29, 0.717) is 0 Å². The van der Waals surface area contributed by atoms with Crippen molar-refractivity contribution < 1.29 is 19.5 Å². The predicted octanol–water partition coefficient (Wildman–Crippen LogP) is -2.61. The van der Waals surface area contributed by atoms with Crippen LogP contribution in [-0.2, 0) is 14.4 Å². The number of carboxylic acids is 1. The lowest BCUT2D eigenvalue weighted by atomic mass is 10.2. The van der Waals surface area contributed by atoms with Gasteiger partial charge in [0, 0.05) is 0 Å². The zero-order valence-electron chi connectivity index (χ0n) is 6.82. The van der Waals surface area contributed by atoms with Crippen molar-refractivity contribution in [2.75, 3.05) is 6.54 Å². The van der Waals surface area contributed by atoms with Crippen molar-refractivity contribution in [1.29, 1.82) is 0 Å². The van der Waals surface area contributed by atoms with Crippen molar-refractivity contribution >= 4 is 17.8 Å². The third-order valence-corrected chi connectivity index (χ3v) is 1.24. The van der Waals surface area contributed by atoms with Gasteiger partial charge in [-0.2, -0.15) is 0 Å². The molecule has 2 amide bonds. The average molecular weight is 189 g/mol. The number of amides is 2. The molecule has 7 nitrogen and oxygen atoms in total. The summed E-state index contributed by atoms with van der Waals surface area (Å²) in [5.74, 6) is -2.74. The van der Waals surface area contributed by atoms with Crippen molar-refractivity contribution in [3.05, 3.63) is 0 Å². The fourth-order valence-electron chi connectivity index (χ4n) is 0.651. The maximum atomic E-state index is 10.7. The molecule has 0 aliphatic carbocycles. The maximum Gasteiger partial charge on any atom is 0.305 e. The number of carboxylic acid groups (broad SMARTS) is 1. The second kappa shape index (κ2) is 5.09. The van der Waals surface area contributed by atoms with E-state index in [4.69, 9.17) is 16.6 Å². The zero-order valence-corrected chi connectivity index (χ0v) is 6.82. The first-order valence-electron chi connectivity index (χ1n) is 3.48. The quantitative estimate of drug-likeness (QED) is 0.375. The van der Waals surface area contributed by atoms with E-state index in [1.165, 1.54) is 0 Å². The monoisotopic (exact) mass is 189 g/mol. The highest BCUT2D eigenvalue weighted by Crippen LogP contribution is 1.90. The molecule has 0 fully saturated rings. The highest BCUT2D eigenvalue weighted by Gasteiger charge is 2.20. The van der Waals surface area contributed by atoms with E-state index >= 15 is 0 Å². The van der Waals surface area contributed by atoms with Crippen LogP contribution >= 0.6 is 0 Å². The van der Waals surface area contributed by atoms with Gasteiger partial charge in [-0.05, 0) is 0 Å². The van der Waals surface area contributed by atoms with Crippen LogP contribution in [0.4, 0.5) is 0 Å². The zero-order chi connectivity index (χ0) is 10.4. The SMILES string of the molecule is NCC(=O)N[C@@H](CC(=O)O)C(N)=O. The summed E-state index contributed by atoms with van der Waals surface area (Å²) >= 11 is 0. The number of nitrogens with two attached hydrogens (primary N) is 2. The molecule has 0 aromatic rings. The highest BCUT2D eigenvalue weighted by molar-refractivity contribution is 5.90. The van der Waals surface area contributed by atoms with E-state index in [-0.39, 0.29) is 6.54 Å². The molecular formula is C6H11N3O4. The van der Waals surface area contributed by atoms with Gasteiger partial charge in [0.1, 0.15) is 6.04 Å². The molecule has 13 heavy (non-hydrogen) atoms. The van der Waals surface area contributed by atoms with E-state index in [2.05, 4.69) is 5.32 Å². The Bertz CT molecular complexity index is 228. The standard InChI is InChI=1S/C6H11N3O4/c7-2-4(10)9-3(6(8)13)1-5(11)12/h3H,1-2,7H2,(H2,8,13)(H,9,10)(H,11,12)/t3-/m0/s1. The number of carbonyl (C=O) groups is 3. The maximum absolute atomic E-state index is 10.7. The molecule has 1 atom stereocenters. The number of rotatable bonds is 5. The molecule has 0 bridgehead atoms. The lowest BCUT2D eigenvalue weighted by molar-refractivity contribution is -0.140.